The van der Waals surface area contributed by atoms with E-state index in [1.54, 1.807) is 0 Å². The van der Waals surface area contributed by atoms with Gasteiger partial charge in [-0.25, -0.2) is 5.43 Å². The fourth-order valence-corrected chi connectivity index (χ4v) is 2.80. The Labute approximate surface area is 158 Å². The molecular formula is C20H38N2O4. The van der Waals surface area contributed by atoms with E-state index in [-0.39, 0.29) is 12.3 Å². The van der Waals surface area contributed by atoms with Gasteiger partial charge in [0.1, 0.15) is 6.04 Å². The summed E-state index contributed by atoms with van der Waals surface area (Å²) in [5, 5.41) is 9.08. The summed E-state index contributed by atoms with van der Waals surface area (Å²) in [7, 11) is 0. The van der Waals surface area contributed by atoms with Crippen LogP contribution in [0.5, 0.6) is 0 Å². The number of amides is 1. The van der Waals surface area contributed by atoms with Crippen LogP contribution in [0.3, 0.4) is 0 Å². The molecule has 6 nitrogen and oxygen atoms in total. The summed E-state index contributed by atoms with van der Waals surface area (Å²) in [4.78, 5) is 34.6. The fraction of sp³-hybridized carbons (Fsp3) is 0.850. The third-order valence-electron chi connectivity index (χ3n) is 4.38. The lowest BCUT2D eigenvalue weighted by molar-refractivity contribution is -0.142. The van der Waals surface area contributed by atoms with Crippen molar-refractivity contribution in [1.29, 1.82) is 0 Å². The van der Waals surface area contributed by atoms with Crippen molar-refractivity contribution in [3.05, 3.63) is 0 Å². The zero-order chi connectivity index (χ0) is 19.8. The molecular weight excluding hydrogens is 332 g/mol. The SMILES string of the molecule is CCCCCCCCCCCCC(=O)C(=O)NN[C@@H](CC(C)C)C(=O)O. The molecule has 0 aromatic carbocycles. The Kier molecular flexibility index (Phi) is 14.9. The fourth-order valence-electron chi connectivity index (χ4n) is 2.80. The number of unbranched alkanes of at least 4 members (excludes halogenated alkanes) is 9. The maximum Gasteiger partial charge on any atom is 0.322 e. The number of nitrogens with one attached hydrogen (secondary N) is 2. The topological polar surface area (TPSA) is 95.5 Å². The van der Waals surface area contributed by atoms with Crippen LogP contribution < -0.4 is 10.9 Å². The standard InChI is InChI=1S/C20H38N2O4/c1-4-5-6-7-8-9-10-11-12-13-14-18(23)19(24)22-21-17(20(25)26)15-16(2)3/h16-17,21H,4-15H2,1-3H3,(H,22,24)(H,25,26)/t17-/m0/s1. The van der Waals surface area contributed by atoms with E-state index in [0.717, 1.165) is 12.8 Å². The number of Topliss-reactive ketones (excluding diaryl/α,β-unsaturated/α-hetero) is 1. The Bertz CT molecular complexity index is 411. The second-order valence-corrected chi connectivity index (χ2v) is 7.47. The maximum atomic E-state index is 11.8. The lowest BCUT2D eigenvalue weighted by Gasteiger charge is -2.16. The van der Waals surface area contributed by atoms with E-state index in [0.29, 0.717) is 12.8 Å². The van der Waals surface area contributed by atoms with E-state index in [2.05, 4.69) is 17.8 Å². The number of hydrogen-bond acceptors (Lipinski definition) is 4. The van der Waals surface area contributed by atoms with Crippen molar-refractivity contribution in [2.75, 3.05) is 0 Å². The quantitative estimate of drug-likeness (QED) is 0.204. The first-order valence-electron chi connectivity index (χ1n) is 10.2. The second-order valence-electron chi connectivity index (χ2n) is 7.47. The summed E-state index contributed by atoms with van der Waals surface area (Å²) in [6.45, 7) is 6.01. The Morgan fingerprint density at radius 2 is 1.35 bits per heavy atom. The van der Waals surface area contributed by atoms with Gasteiger partial charge < -0.3 is 5.11 Å². The number of hydrazine groups is 1. The molecule has 1 atom stereocenters. The van der Waals surface area contributed by atoms with Gasteiger partial charge in [-0.05, 0) is 18.8 Å². The minimum Gasteiger partial charge on any atom is -0.480 e. The monoisotopic (exact) mass is 370 g/mol. The highest BCUT2D eigenvalue weighted by Gasteiger charge is 2.21. The van der Waals surface area contributed by atoms with Gasteiger partial charge in [-0.2, -0.15) is 0 Å². The third kappa shape index (κ3) is 13.8. The second kappa shape index (κ2) is 15.8. The molecule has 0 heterocycles. The number of ketones is 1. The molecule has 0 aliphatic carbocycles. The van der Waals surface area contributed by atoms with Gasteiger partial charge in [0, 0.05) is 6.42 Å². The highest BCUT2D eigenvalue weighted by molar-refractivity contribution is 6.36. The number of rotatable bonds is 17. The Morgan fingerprint density at radius 1 is 0.846 bits per heavy atom. The first kappa shape index (κ1) is 24.6. The Morgan fingerprint density at radius 3 is 1.81 bits per heavy atom. The van der Waals surface area contributed by atoms with Gasteiger partial charge in [0.15, 0.2) is 0 Å². The van der Waals surface area contributed by atoms with Gasteiger partial charge in [0.05, 0.1) is 0 Å². The highest BCUT2D eigenvalue weighted by Crippen LogP contribution is 2.11. The van der Waals surface area contributed by atoms with Crippen LogP contribution in [0.4, 0.5) is 0 Å². The summed E-state index contributed by atoms with van der Waals surface area (Å²) in [6, 6.07) is -0.885. The van der Waals surface area contributed by atoms with Crippen molar-refractivity contribution in [3.8, 4) is 0 Å². The Hall–Kier alpha value is -1.43. The first-order valence-corrected chi connectivity index (χ1v) is 10.2. The Balaban J connectivity index is 3.73. The molecule has 0 aromatic heterocycles. The molecule has 3 N–H and O–H groups in total. The van der Waals surface area contributed by atoms with Gasteiger partial charge in [-0.1, -0.05) is 78.6 Å². The molecule has 0 spiro atoms. The average molecular weight is 371 g/mol. The number of hydrogen-bond donors (Lipinski definition) is 3. The van der Waals surface area contributed by atoms with Crippen LogP contribution in [-0.4, -0.2) is 28.8 Å². The summed E-state index contributed by atoms with van der Waals surface area (Å²) in [5.74, 6) is -2.12. The van der Waals surface area contributed by atoms with Gasteiger partial charge in [-0.15, -0.1) is 0 Å². The van der Waals surface area contributed by atoms with E-state index < -0.39 is 23.7 Å². The zero-order valence-corrected chi connectivity index (χ0v) is 16.8. The molecule has 0 unspecified atom stereocenters. The normalized spacial score (nSPS) is 12.2. The molecule has 0 aromatic rings. The lowest BCUT2D eigenvalue weighted by Crippen LogP contribution is -2.50. The molecule has 0 aliphatic heterocycles. The van der Waals surface area contributed by atoms with Crippen molar-refractivity contribution < 1.29 is 19.5 Å². The van der Waals surface area contributed by atoms with E-state index in [9.17, 15) is 14.4 Å². The van der Waals surface area contributed by atoms with Gasteiger partial charge in [0.25, 0.3) is 0 Å². The third-order valence-corrected chi connectivity index (χ3v) is 4.38. The van der Waals surface area contributed by atoms with Gasteiger partial charge >= 0.3 is 11.9 Å². The van der Waals surface area contributed by atoms with Crippen molar-refractivity contribution in [2.24, 2.45) is 5.92 Å². The van der Waals surface area contributed by atoms with Crippen LogP contribution in [0.2, 0.25) is 0 Å². The van der Waals surface area contributed by atoms with Crippen molar-refractivity contribution in [1.82, 2.24) is 10.9 Å². The zero-order valence-electron chi connectivity index (χ0n) is 16.8. The van der Waals surface area contributed by atoms with Gasteiger partial charge in [0.2, 0.25) is 5.78 Å². The molecule has 152 valence electrons. The van der Waals surface area contributed by atoms with Gasteiger partial charge in [-0.3, -0.25) is 19.8 Å². The minimum atomic E-state index is -1.04. The van der Waals surface area contributed by atoms with E-state index in [1.807, 2.05) is 13.8 Å². The number of carbonyl (C=O) groups is 3. The van der Waals surface area contributed by atoms with Crippen LogP contribution in [0.25, 0.3) is 0 Å². The van der Waals surface area contributed by atoms with E-state index in [1.165, 1.54) is 44.9 Å². The molecule has 0 bridgehead atoms. The largest absolute Gasteiger partial charge is 0.480 e. The van der Waals surface area contributed by atoms with Crippen molar-refractivity contribution in [3.63, 3.8) is 0 Å². The number of carbonyl (C=O) groups excluding carboxylic acids is 2. The molecule has 26 heavy (non-hydrogen) atoms. The van der Waals surface area contributed by atoms with Crippen LogP contribution in [0.1, 0.15) is 97.8 Å². The van der Waals surface area contributed by atoms with Crippen LogP contribution in [-0.2, 0) is 14.4 Å². The van der Waals surface area contributed by atoms with Crippen LogP contribution in [0.15, 0.2) is 0 Å². The average Bonchev–Trinajstić information content (AvgIpc) is 2.59. The summed E-state index contributed by atoms with van der Waals surface area (Å²) in [5.41, 5.74) is 4.69. The summed E-state index contributed by atoms with van der Waals surface area (Å²) in [6.07, 6.45) is 12.3. The molecule has 0 radical (unpaired) electrons. The molecule has 0 saturated heterocycles. The number of carboxylic acids is 1. The van der Waals surface area contributed by atoms with Crippen molar-refractivity contribution in [2.45, 2.75) is 104 Å². The number of aliphatic carboxylic acids is 1. The van der Waals surface area contributed by atoms with Crippen LogP contribution in [0, 0.1) is 5.92 Å². The smallest absolute Gasteiger partial charge is 0.322 e. The maximum absolute atomic E-state index is 11.8. The molecule has 0 aliphatic rings. The molecule has 0 fully saturated rings. The van der Waals surface area contributed by atoms with Crippen LogP contribution >= 0.6 is 0 Å². The molecule has 1 amide bonds. The minimum absolute atomic E-state index is 0.169. The van der Waals surface area contributed by atoms with E-state index >= 15 is 0 Å². The highest BCUT2D eigenvalue weighted by atomic mass is 16.4. The predicted molar refractivity (Wildman–Crippen MR) is 104 cm³/mol. The predicted octanol–water partition coefficient (Wildman–Crippen LogP) is 3.99. The summed E-state index contributed by atoms with van der Waals surface area (Å²) >= 11 is 0. The molecule has 6 heteroatoms. The van der Waals surface area contributed by atoms with E-state index in [4.69, 9.17) is 5.11 Å². The lowest BCUT2D eigenvalue weighted by atomic mass is 10.0. The number of carboxylic acid groups (broad SMARTS) is 1. The van der Waals surface area contributed by atoms with Crippen molar-refractivity contribution >= 4 is 17.7 Å². The molecule has 0 rings (SSSR count). The summed E-state index contributed by atoms with van der Waals surface area (Å²) < 4.78 is 0. The first-order chi connectivity index (χ1) is 12.4. The molecule has 0 saturated carbocycles.